The zero-order valence-corrected chi connectivity index (χ0v) is 9.63. The molecule has 1 fully saturated rings. The molecule has 0 bridgehead atoms. The van der Waals surface area contributed by atoms with E-state index in [1.165, 1.54) is 31.4 Å². The molecule has 1 saturated heterocycles. The van der Waals surface area contributed by atoms with Crippen molar-refractivity contribution in [3.05, 3.63) is 12.2 Å². The fraction of sp³-hybridized carbons (Fsp3) is 0.833. The van der Waals surface area contributed by atoms with Crippen molar-refractivity contribution in [1.82, 2.24) is 4.90 Å². The Hall–Kier alpha value is -0.340. The van der Waals surface area contributed by atoms with Crippen molar-refractivity contribution in [2.45, 2.75) is 51.6 Å². The highest BCUT2D eigenvalue weighted by Gasteiger charge is 2.25. The Morgan fingerprint density at radius 2 is 2.21 bits per heavy atom. The lowest BCUT2D eigenvalue weighted by atomic mass is 9.93. The minimum atomic E-state index is 0.590. The minimum absolute atomic E-state index is 0.590. The number of nitrogens with two attached hydrogens (primary N) is 1. The first kappa shape index (κ1) is 11.7. The molecule has 1 aliphatic rings. The molecule has 1 atom stereocenters. The zero-order chi connectivity index (χ0) is 10.6. The summed E-state index contributed by atoms with van der Waals surface area (Å²) in [5, 5.41) is 0. The maximum Gasteiger partial charge on any atom is 0.0308 e. The summed E-state index contributed by atoms with van der Waals surface area (Å²) in [5.41, 5.74) is 6.91. The predicted molar refractivity (Wildman–Crippen MR) is 62.3 cm³/mol. The molecule has 1 unspecified atom stereocenters. The van der Waals surface area contributed by atoms with Crippen molar-refractivity contribution >= 4 is 0 Å². The molecule has 1 rings (SSSR count). The minimum Gasteiger partial charge on any atom is -0.330 e. The summed E-state index contributed by atoms with van der Waals surface area (Å²) < 4.78 is 0. The first-order chi connectivity index (χ1) is 6.66. The van der Waals surface area contributed by atoms with Crippen LogP contribution in [-0.2, 0) is 0 Å². The van der Waals surface area contributed by atoms with Crippen LogP contribution >= 0.6 is 0 Å². The highest BCUT2D eigenvalue weighted by atomic mass is 15.2. The van der Waals surface area contributed by atoms with E-state index < -0.39 is 0 Å². The Kier molecular flexibility index (Phi) is 4.63. The molecule has 14 heavy (non-hydrogen) atoms. The van der Waals surface area contributed by atoms with Crippen LogP contribution < -0.4 is 5.73 Å². The lowest BCUT2D eigenvalue weighted by Crippen LogP contribution is -2.44. The highest BCUT2D eigenvalue weighted by Crippen LogP contribution is 2.25. The fourth-order valence-electron chi connectivity index (χ4n) is 2.36. The van der Waals surface area contributed by atoms with Gasteiger partial charge in [0.2, 0.25) is 0 Å². The van der Waals surface area contributed by atoms with E-state index in [4.69, 9.17) is 5.73 Å². The number of rotatable bonds is 4. The molecule has 1 aliphatic heterocycles. The zero-order valence-electron chi connectivity index (χ0n) is 9.63. The van der Waals surface area contributed by atoms with Crippen molar-refractivity contribution in [3.8, 4) is 0 Å². The molecule has 0 aromatic rings. The van der Waals surface area contributed by atoms with Gasteiger partial charge < -0.3 is 5.73 Å². The van der Waals surface area contributed by atoms with Crippen molar-refractivity contribution in [3.63, 3.8) is 0 Å². The van der Waals surface area contributed by atoms with Gasteiger partial charge in [0.05, 0.1) is 0 Å². The Bertz CT molecular complexity index is 187. The van der Waals surface area contributed by atoms with E-state index in [9.17, 15) is 0 Å². The van der Waals surface area contributed by atoms with Gasteiger partial charge in [-0.1, -0.05) is 18.6 Å². The molecule has 0 amide bonds. The molecule has 0 aromatic carbocycles. The second-order valence-electron chi connectivity index (χ2n) is 4.54. The van der Waals surface area contributed by atoms with Crippen LogP contribution in [-0.4, -0.2) is 30.1 Å². The van der Waals surface area contributed by atoms with Crippen LogP contribution in [0.2, 0.25) is 0 Å². The number of piperidine rings is 1. The van der Waals surface area contributed by atoms with E-state index in [2.05, 4.69) is 25.3 Å². The first-order valence-electron chi connectivity index (χ1n) is 5.80. The SMILES string of the molecule is C=C(CCN)C1CCCCN1C(C)C. The average Bonchev–Trinajstić information content (AvgIpc) is 2.18. The van der Waals surface area contributed by atoms with Gasteiger partial charge in [0.25, 0.3) is 0 Å². The van der Waals surface area contributed by atoms with E-state index in [0.29, 0.717) is 12.1 Å². The van der Waals surface area contributed by atoms with Crippen LogP contribution in [0.3, 0.4) is 0 Å². The quantitative estimate of drug-likeness (QED) is 0.698. The molecular weight excluding hydrogens is 172 g/mol. The van der Waals surface area contributed by atoms with Gasteiger partial charge in [-0.2, -0.15) is 0 Å². The molecule has 2 N–H and O–H groups in total. The summed E-state index contributed by atoms with van der Waals surface area (Å²) in [6.07, 6.45) is 4.94. The third kappa shape index (κ3) is 2.82. The fourth-order valence-corrected chi connectivity index (χ4v) is 2.36. The maximum absolute atomic E-state index is 5.58. The number of hydrogen-bond acceptors (Lipinski definition) is 2. The Balaban J connectivity index is 2.57. The van der Waals surface area contributed by atoms with E-state index in [0.717, 1.165) is 13.0 Å². The van der Waals surface area contributed by atoms with E-state index in [1.54, 1.807) is 0 Å². The largest absolute Gasteiger partial charge is 0.330 e. The van der Waals surface area contributed by atoms with Gasteiger partial charge in [0.15, 0.2) is 0 Å². The lowest BCUT2D eigenvalue weighted by molar-refractivity contribution is 0.132. The van der Waals surface area contributed by atoms with Crippen molar-refractivity contribution in [2.24, 2.45) is 5.73 Å². The maximum atomic E-state index is 5.58. The van der Waals surface area contributed by atoms with Gasteiger partial charge in [0, 0.05) is 12.1 Å². The summed E-state index contributed by atoms with van der Waals surface area (Å²) >= 11 is 0. The van der Waals surface area contributed by atoms with Crippen LogP contribution in [0.15, 0.2) is 12.2 Å². The van der Waals surface area contributed by atoms with Gasteiger partial charge in [-0.25, -0.2) is 0 Å². The predicted octanol–water partition coefficient (Wildman–Crippen LogP) is 2.15. The summed E-state index contributed by atoms with van der Waals surface area (Å²) in [7, 11) is 0. The summed E-state index contributed by atoms with van der Waals surface area (Å²) in [4.78, 5) is 2.57. The van der Waals surface area contributed by atoms with E-state index >= 15 is 0 Å². The highest BCUT2D eigenvalue weighted by molar-refractivity contribution is 5.08. The van der Waals surface area contributed by atoms with Crippen molar-refractivity contribution < 1.29 is 0 Å². The number of likely N-dealkylation sites (tertiary alicyclic amines) is 1. The third-order valence-electron chi connectivity index (χ3n) is 3.14. The number of nitrogens with zero attached hydrogens (tertiary/aromatic N) is 1. The molecule has 0 radical (unpaired) electrons. The topological polar surface area (TPSA) is 29.3 Å². The summed E-state index contributed by atoms with van der Waals surface area (Å²) in [5.74, 6) is 0. The smallest absolute Gasteiger partial charge is 0.0308 e. The standard InChI is InChI=1S/C12H24N2/c1-10(2)14-9-5-4-6-12(14)11(3)7-8-13/h10,12H,3-9,13H2,1-2H3. The second kappa shape index (κ2) is 5.52. The van der Waals surface area contributed by atoms with Gasteiger partial charge in [-0.3, -0.25) is 4.90 Å². The third-order valence-corrected chi connectivity index (χ3v) is 3.14. The summed E-state index contributed by atoms with van der Waals surface area (Å²) in [6, 6.07) is 1.22. The molecule has 1 heterocycles. The second-order valence-corrected chi connectivity index (χ2v) is 4.54. The van der Waals surface area contributed by atoms with Crippen LogP contribution in [0.4, 0.5) is 0 Å². The normalized spacial score (nSPS) is 24.1. The molecular formula is C12H24N2. The molecule has 0 spiro atoms. The monoisotopic (exact) mass is 196 g/mol. The van der Waals surface area contributed by atoms with Gasteiger partial charge in [-0.15, -0.1) is 0 Å². The molecule has 2 heteroatoms. The Morgan fingerprint density at radius 3 is 2.79 bits per heavy atom. The van der Waals surface area contributed by atoms with Crippen LogP contribution in [0.25, 0.3) is 0 Å². The average molecular weight is 196 g/mol. The molecule has 0 saturated carbocycles. The van der Waals surface area contributed by atoms with Crippen molar-refractivity contribution in [1.29, 1.82) is 0 Å². The number of hydrogen-bond donors (Lipinski definition) is 1. The molecule has 82 valence electrons. The molecule has 0 aliphatic carbocycles. The Morgan fingerprint density at radius 1 is 1.50 bits per heavy atom. The summed E-state index contributed by atoms with van der Waals surface area (Å²) in [6.45, 7) is 10.7. The van der Waals surface area contributed by atoms with E-state index in [1.807, 2.05) is 0 Å². The Labute approximate surface area is 88.2 Å². The van der Waals surface area contributed by atoms with Gasteiger partial charge in [-0.05, 0) is 46.2 Å². The molecule has 0 aromatic heterocycles. The van der Waals surface area contributed by atoms with Crippen LogP contribution in [0, 0.1) is 0 Å². The lowest BCUT2D eigenvalue weighted by Gasteiger charge is -2.39. The van der Waals surface area contributed by atoms with E-state index in [-0.39, 0.29) is 0 Å². The molecule has 2 nitrogen and oxygen atoms in total. The van der Waals surface area contributed by atoms with Crippen molar-refractivity contribution in [2.75, 3.05) is 13.1 Å². The van der Waals surface area contributed by atoms with Crippen LogP contribution in [0.5, 0.6) is 0 Å². The first-order valence-corrected chi connectivity index (χ1v) is 5.80. The van der Waals surface area contributed by atoms with Gasteiger partial charge in [0.1, 0.15) is 0 Å². The van der Waals surface area contributed by atoms with Crippen LogP contribution in [0.1, 0.15) is 39.5 Å². The van der Waals surface area contributed by atoms with Gasteiger partial charge >= 0.3 is 0 Å².